The Balaban J connectivity index is 2.08. The first-order valence-corrected chi connectivity index (χ1v) is 7.63. The van der Waals surface area contributed by atoms with Crippen molar-refractivity contribution in [1.29, 1.82) is 0 Å². The van der Waals surface area contributed by atoms with E-state index < -0.39 is 0 Å². The van der Waals surface area contributed by atoms with Crippen molar-refractivity contribution in [2.45, 2.75) is 52.0 Å². The number of hydrogen-bond acceptors (Lipinski definition) is 2. The Kier molecular flexibility index (Phi) is 4.87. The number of anilines is 1. The second-order valence-corrected chi connectivity index (χ2v) is 6.23. The largest absolute Gasteiger partial charge is 0.373 e. The van der Waals surface area contributed by atoms with Crippen LogP contribution in [0.4, 0.5) is 5.69 Å². The fourth-order valence-corrected chi connectivity index (χ4v) is 2.91. The van der Waals surface area contributed by atoms with Gasteiger partial charge in [0.25, 0.3) is 0 Å². The highest BCUT2D eigenvalue weighted by Gasteiger charge is 2.16. The molecule has 0 radical (unpaired) electrons. The molecule has 1 saturated heterocycles. The second-order valence-electron chi connectivity index (χ2n) is 6.23. The molecule has 1 unspecified atom stereocenters. The van der Waals surface area contributed by atoms with E-state index in [0.717, 1.165) is 6.54 Å². The van der Waals surface area contributed by atoms with Gasteiger partial charge in [-0.1, -0.05) is 32.4 Å². The zero-order chi connectivity index (χ0) is 13.8. The first-order valence-electron chi connectivity index (χ1n) is 7.63. The highest BCUT2D eigenvalue weighted by atomic mass is 15.1. The van der Waals surface area contributed by atoms with E-state index in [0.29, 0.717) is 12.0 Å². The molecule has 2 rings (SSSR count). The molecule has 2 heteroatoms. The summed E-state index contributed by atoms with van der Waals surface area (Å²) in [6.45, 7) is 9.03. The van der Waals surface area contributed by atoms with Crippen molar-refractivity contribution < 1.29 is 0 Å². The average Bonchev–Trinajstić information content (AvgIpc) is 2.40. The molecule has 106 valence electrons. The van der Waals surface area contributed by atoms with Gasteiger partial charge in [0.1, 0.15) is 0 Å². The minimum Gasteiger partial charge on any atom is -0.373 e. The molecular formula is C17H28N2. The zero-order valence-electron chi connectivity index (χ0n) is 12.9. The van der Waals surface area contributed by atoms with Crippen LogP contribution in [0, 0.1) is 6.92 Å². The molecular weight excluding hydrogens is 232 g/mol. The molecule has 1 aliphatic rings. The molecule has 1 aliphatic heterocycles. The molecule has 19 heavy (non-hydrogen) atoms. The predicted molar refractivity (Wildman–Crippen MR) is 84.2 cm³/mol. The maximum atomic E-state index is 3.63. The maximum absolute atomic E-state index is 3.63. The summed E-state index contributed by atoms with van der Waals surface area (Å²) < 4.78 is 0. The Morgan fingerprint density at radius 3 is 2.74 bits per heavy atom. The van der Waals surface area contributed by atoms with Gasteiger partial charge in [0, 0.05) is 25.3 Å². The maximum Gasteiger partial charge on any atom is 0.0396 e. The number of hydrogen-bond donors (Lipinski definition) is 1. The number of benzene rings is 1. The van der Waals surface area contributed by atoms with Gasteiger partial charge in [-0.25, -0.2) is 0 Å². The molecule has 1 aromatic carbocycles. The van der Waals surface area contributed by atoms with Gasteiger partial charge >= 0.3 is 0 Å². The number of nitrogens with one attached hydrogen (secondary N) is 1. The summed E-state index contributed by atoms with van der Waals surface area (Å²) in [5.41, 5.74) is 4.20. The minimum atomic E-state index is 0.598. The summed E-state index contributed by atoms with van der Waals surface area (Å²) in [5, 5.41) is 3.63. The number of piperidine rings is 1. The summed E-state index contributed by atoms with van der Waals surface area (Å²) in [6.07, 6.45) is 4.02. The second kappa shape index (κ2) is 6.42. The number of aryl methyl sites for hydroxylation is 1. The van der Waals surface area contributed by atoms with Crippen LogP contribution in [0.2, 0.25) is 0 Å². The lowest BCUT2D eigenvalue weighted by molar-refractivity contribution is 0.403. The van der Waals surface area contributed by atoms with Crippen molar-refractivity contribution in [3.8, 4) is 0 Å². The molecule has 1 atom stereocenters. The van der Waals surface area contributed by atoms with E-state index in [1.807, 2.05) is 0 Å². The molecule has 1 N–H and O–H groups in total. The van der Waals surface area contributed by atoms with Gasteiger partial charge in [-0.2, -0.15) is 0 Å². The third-order valence-electron chi connectivity index (χ3n) is 4.22. The SMILES string of the molecule is Cc1ccc(C(C)C)cc1N(C)CC1CCCCN1. The molecule has 0 bridgehead atoms. The van der Waals surface area contributed by atoms with E-state index in [-0.39, 0.29) is 0 Å². The Bertz CT molecular complexity index is 406. The minimum absolute atomic E-state index is 0.598. The van der Waals surface area contributed by atoms with Crippen molar-refractivity contribution in [3.63, 3.8) is 0 Å². The third-order valence-corrected chi connectivity index (χ3v) is 4.22. The molecule has 0 saturated carbocycles. The van der Waals surface area contributed by atoms with Crippen LogP contribution in [0.5, 0.6) is 0 Å². The standard InChI is InChI=1S/C17H28N2/c1-13(2)15-9-8-14(3)17(11-15)19(4)12-16-7-5-6-10-18-16/h8-9,11,13,16,18H,5-7,10,12H2,1-4H3. The quantitative estimate of drug-likeness (QED) is 0.888. The van der Waals surface area contributed by atoms with Crippen LogP contribution >= 0.6 is 0 Å². The number of nitrogens with zero attached hydrogens (tertiary/aromatic N) is 1. The van der Waals surface area contributed by atoms with Crippen LogP contribution in [0.15, 0.2) is 18.2 Å². The molecule has 1 fully saturated rings. The van der Waals surface area contributed by atoms with Gasteiger partial charge in [-0.15, -0.1) is 0 Å². The summed E-state index contributed by atoms with van der Waals surface area (Å²) in [5.74, 6) is 0.598. The average molecular weight is 260 g/mol. The van der Waals surface area contributed by atoms with Gasteiger partial charge in [0.15, 0.2) is 0 Å². The van der Waals surface area contributed by atoms with Crippen LogP contribution < -0.4 is 10.2 Å². The van der Waals surface area contributed by atoms with Crippen LogP contribution in [0.1, 0.15) is 50.2 Å². The fourth-order valence-electron chi connectivity index (χ4n) is 2.91. The van der Waals surface area contributed by atoms with Crippen molar-refractivity contribution in [2.75, 3.05) is 25.0 Å². The van der Waals surface area contributed by atoms with Crippen molar-refractivity contribution in [1.82, 2.24) is 5.32 Å². The van der Waals surface area contributed by atoms with Crippen LogP contribution in [-0.2, 0) is 0 Å². The van der Waals surface area contributed by atoms with Gasteiger partial charge in [-0.05, 0) is 49.4 Å². The van der Waals surface area contributed by atoms with Gasteiger partial charge in [0.2, 0.25) is 0 Å². The van der Waals surface area contributed by atoms with Crippen molar-refractivity contribution in [3.05, 3.63) is 29.3 Å². The Morgan fingerprint density at radius 1 is 1.32 bits per heavy atom. The molecule has 0 aliphatic carbocycles. The van der Waals surface area contributed by atoms with Crippen LogP contribution in [0.25, 0.3) is 0 Å². The van der Waals surface area contributed by atoms with E-state index in [1.165, 1.54) is 42.6 Å². The topological polar surface area (TPSA) is 15.3 Å². The predicted octanol–water partition coefficient (Wildman–Crippen LogP) is 3.70. The molecule has 2 nitrogen and oxygen atoms in total. The normalized spacial score (nSPS) is 19.7. The lowest BCUT2D eigenvalue weighted by Crippen LogP contribution is -2.42. The highest BCUT2D eigenvalue weighted by Crippen LogP contribution is 2.25. The summed E-state index contributed by atoms with van der Waals surface area (Å²) in [4.78, 5) is 2.42. The summed E-state index contributed by atoms with van der Waals surface area (Å²) >= 11 is 0. The van der Waals surface area contributed by atoms with Crippen LogP contribution in [0.3, 0.4) is 0 Å². The first-order chi connectivity index (χ1) is 9.08. The van der Waals surface area contributed by atoms with Gasteiger partial charge in [0.05, 0.1) is 0 Å². The first kappa shape index (κ1) is 14.4. The molecule has 0 spiro atoms. The van der Waals surface area contributed by atoms with E-state index in [9.17, 15) is 0 Å². The Labute approximate surface area is 118 Å². The van der Waals surface area contributed by atoms with Crippen LogP contribution in [-0.4, -0.2) is 26.2 Å². The van der Waals surface area contributed by atoms with E-state index in [2.05, 4.69) is 56.2 Å². The highest BCUT2D eigenvalue weighted by molar-refractivity contribution is 5.55. The number of rotatable bonds is 4. The molecule has 0 amide bonds. The number of likely N-dealkylation sites (N-methyl/N-ethyl adjacent to an activating group) is 1. The lowest BCUT2D eigenvalue weighted by atomic mass is 9.99. The monoisotopic (exact) mass is 260 g/mol. The Hall–Kier alpha value is -1.02. The zero-order valence-corrected chi connectivity index (χ0v) is 12.9. The van der Waals surface area contributed by atoms with E-state index in [1.54, 1.807) is 0 Å². The lowest BCUT2D eigenvalue weighted by Gasteiger charge is -2.30. The smallest absolute Gasteiger partial charge is 0.0396 e. The molecule has 1 aromatic rings. The fraction of sp³-hybridized carbons (Fsp3) is 0.647. The van der Waals surface area contributed by atoms with Gasteiger partial charge in [-0.3, -0.25) is 0 Å². The summed E-state index contributed by atoms with van der Waals surface area (Å²) in [6, 6.07) is 7.54. The summed E-state index contributed by atoms with van der Waals surface area (Å²) in [7, 11) is 2.22. The van der Waals surface area contributed by atoms with E-state index >= 15 is 0 Å². The van der Waals surface area contributed by atoms with Crippen molar-refractivity contribution in [2.24, 2.45) is 0 Å². The Morgan fingerprint density at radius 2 is 2.11 bits per heavy atom. The molecule has 0 aromatic heterocycles. The van der Waals surface area contributed by atoms with E-state index in [4.69, 9.17) is 0 Å². The van der Waals surface area contributed by atoms with Crippen molar-refractivity contribution >= 4 is 5.69 Å². The molecule has 1 heterocycles. The third kappa shape index (κ3) is 3.73. The van der Waals surface area contributed by atoms with Gasteiger partial charge < -0.3 is 10.2 Å².